The molecule has 0 aromatic carbocycles. The maximum Gasteiger partial charge on any atom is 0.141 e. The third kappa shape index (κ3) is 1.62. The number of hydrogen-bond donors (Lipinski definition) is 0. The molecule has 0 aliphatic carbocycles. The van der Waals surface area contributed by atoms with Gasteiger partial charge in [0.05, 0.1) is 0 Å². The van der Waals surface area contributed by atoms with Crippen LogP contribution in [0.2, 0.25) is 5.15 Å². The quantitative estimate of drug-likeness (QED) is 0.727. The van der Waals surface area contributed by atoms with E-state index < -0.39 is 0 Å². The molecule has 0 N–H and O–H groups in total. The Hall–Kier alpha value is -0.670. The fourth-order valence-electron chi connectivity index (χ4n) is 1.24. The molecule has 2 heterocycles. The van der Waals surface area contributed by atoms with Gasteiger partial charge < -0.3 is 0 Å². The molecule has 2 nitrogen and oxygen atoms in total. The molecule has 0 aliphatic rings. The second-order valence-electron chi connectivity index (χ2n) is 3.32. The molecule has 2 rings (SSSR count). The van der Waals surface area contributed by atoms with E-state index >= 15 is 0 Å². The number of rotatable bonds is 2. The molecule has 2 aromatic rings. The van der Waals surface area contributed by atoms with Gasteiger partial charge >= 0.3 is 0 Å². The first-order valence-corrected chi connectivity index (χ1v) is 5.88. The smallest absolute Gasteiger partial charge is 0.141 e. The van der Waals surface area contributed by atoms with Crippen LogP contribution in [0.3, 0.4) is 0 Å². The van der Waals surface area contributed by atoms with Gasteiger partial charge in [-0.1, -0.05) is 25.4 Å². The van der Waals surface area contributed by atoms with Crippen molar-refractivity contribution in [2.24, 2.45) is 0 Å². The van der Waals surface area contributed by atoms with Crippen molar-refractivity contribution in [3.05, 3.63) is 22.4 Å². The average molecular weight is 227 g/mol. The Morgan fingerprint density at radius 1 is 1.50 bits per heavy atom. The Kier molecular flexibility index (Phi) is 2.70. The number of aromatic nitrogens is 2. The van der Waals surface area contributed by atoms with Crippen molar-refractivity contribution in [1.82, 2.24) is 9.97 Å². The Labute approximate surface area is 92.0 Å². The van der Waals surface area contributed by atoms with Gasteiger partial charge in [0.15, 0.2) is 0 Å². The van der Waals surface area contributed by atoms with Crippen molar-refractivity contribution in [3.8, 4) is 0 Å². The van der Waals surface area contributed by atoms with Crippen LogP contribution in [0, 0.1) is 0 Å². The first kappa shape index (κ1) is 9.87. The SMILES string of the molecule is CCC(C)c1nc(Cl)c2ccsc2n1. The van der Waals surface area contributed by atoms with E-state index in [2.05, 4.69) is 23.8 Å². The van der Waals surface area contributed by atoms with Crippen molar-refractivity contribution >= 4 is 33.2 Å². The number of halogens is 1. The summed E-state index contributed by atoms with van der Waals surface area (Å²) in [6, 6.07) is 1.96. The van der Waals surface area contributed by atoms with Crippen LogP contribution in [0.1, 0.15) is 32.0 Å². The second-order valence-corrected chi connectivity index (χ2v) is 4.57. The summed E-state index contributed by atoms with van der Waals surface area (Å²) < 4.78 is 0. The highest BCUT2D eigenvalue weighted by atomic mass is 35.5. The van der Waals surface area contributed by atoms with Crippen LogP contribution in [0.5, 0.6) is 0 Å². The van der Waals surface area contributed by atoms with Gasteiger partial charge in [0.25, 0.3) is 0 Å². The lowest BCUT2D eigenvalue weighted by molar-refractivity contribution is 0.684. The summed E-state index contributed by atoms with van der Waals surface area (Å²) in [4.78, 5) is 9.78. The van der Waals surface area contributed by atoms with Crippen LogP contribution in [-0.2, 0) is 0 Å². The molecule has 0 spiro atoms. The van der Waals surface area contributed by atoms with E-state index in [-0.39, 0.29) is 0 Å². The average Bonchev–Trinajstić information content (AvgIpc) is 2.64. The van der Waals surface area contributed by atoms with Crippen molar-refractivity contribution < 1.29 is 0 Å². The Morgan fingerprint density at radius 3 is 3.00 bits per heavy atom. The van der Waals surface area contributed by atoms with Crippen molar-refractivity contribution in [3.63, 3.8) is 0 Å². The van der Waals surface area contributed by atoms with Gasteiger partial charge in [0.1, 0.15) is 15.8 Å². The fourth-order valence-corrected chi connectivity index (χ4v) is 2.30. The van der Waals surface area contributed by atoms with E-state index in [0.717, 1.165) is 22.5 Å². The fraction of sp³-hybridized carbons (Fsp3) is 0.400. The summed E-state index contributed by atoms with van der Waals surface area (Å²) in [6.07, 6.45) is 1.03. The van der Waals surface area contributed by atoms with Crippen molar-refractivity contribution in [1.29, 1.82) is 0 Å². The van der Waals surface area contributed by atoms with Crippen molar-refractivity contribution in [2.45, 2.75) is 26.2 Å². The van der Waals surface area contributed by atoms with Crippen molar-refractivity contribution in [2.75, 3.05) is 0 Å². The molecule has 2 aromatic heterocycles. The minimum absolute atomic E-state index is 0.374. The Bertz CT molecular complexity index is 452. The normalized spacial score (nSPS) is 13.4. The minimum atomic E-state index is 0.374. The summed E-state index contributed by atoms with van der Waals surface area (Å²) in [5, 5.41) is 3.53. The predicted octanol–water partition coefficient (Wildman–Crippen LogP) is 3.86. The van der Waals surface area contributed by atoms with Gasteiger partial charge in [-0.15, -0.1) is 11.3 Å². The van der Waals surface area contributed by atoms with E-state index in [1.165, 1.54) is 0 Å². The number of nitrogens with zero attached hydrogens (tertiary/aromatic N) is 2. The molecule has 0 aliphatic heterocycles. The summed E-state index contributed by atoms with van der Waals surface area (Å²) >= 11 is 7.67. The molecule has 1 unspecified atom stereocenters. The van der Waals surface area contributed by atoms with Gasteiger partial charge in [-0.2, -0.15) is 0 Å². The maximum absolute atomic E-state index is 6.06. The molecule has 1 atom stereocenters. The van der Waals surface area contributed by atoms with Gasteiger partial charge in [0, 0.05) is 11.3 Å². The Balaban J connectivity index is 2.58. The van der Waals surface area contributed by atoms with Gasteiger partial charge in [0.2, 0.25) is 0 Å². The molecule has 0 radical (unpaired) electrons. The van der Waals surface area contributed by atoms with Gasteiger partial charge in [-0.05, 0) is 17.9 Å². The standard InChI is InChI=1S/C10H11ClN2S/c1-3-6(2)9-12-8(11)7-4-5-14-10(7)13-9/h4-6H,3H2,1-2H3. The highest BCUT2D eigenvalue weighted by Gasteiger charge is 2.11. The monoisotopic (exact) mass is 226 g/mol. The first-order chi connectivity index (χ1) is 6.72. The molecule has 74 valence electrons. The molecule has 14 heavy (non-hydrogen) atoms. The molecule has 0 bridgehead atoms. The highest BCUT2D eigenvalue weighted by Crippen LogP contribution is 2.27. The largest absolute Gasteiger partial charge is 0.222 e. The highest BCUT2D eigenvalue weighted by molar-refractivity contribution is 7.16. The maximum atomic E-state index is 6.06. The second kappa shape index (κ2) is 3.83. The zero-order chi connectivity index (χ0) is 10.1. The van der Waals surface area contributed by atoms with Crippen LogP contribution in [-0.4, -0.2) is 9.97 Å². The molecule has 0 amide bonds. The van der Waals surface area contributed by atoms with E-state index in [1.54, 1.807) is 11.3 Å². The topological polar surface area (TPSA) is 25.8 Å². The summed E-state index contributed by atoms with van der Waals surface area (Å²) in [6.45, 7) is 4.24. The number of fused-ring (bicyclic) bond motifs is 1. The molecular formula is C10H11ClN2S. The van der Waals surface area contributed by atoms with Crippen LogP contribution in [0.15, 0.2) is 11.4 Å². The lowest BCUT2D eigenvalue weighted by atomic mass is 10.1. The third-order valence-electron chi connectivity index (χ3n) is 2.35. The van der Waals surface area contributed by atoms with E-state index in [9.17, 15) is 0 Å². The molecule has 0 saturated carbocycles. The van der Waals surface area contributed by atoms with Crippen LogP contribution < -0.4 is 0 Å². The van der Waals surface area contributed by atoms with Gasteiger partial charge in [-0.3, -0.25) is 0 Å². The summed E-state index contributed by atoms with van der Waals surface area (Å²) in [5.74, 6) is 1.23. The van der Waals surface area contributed by atoms with E-state index in [0.29, 0.717) is 11.1 Å². The summed E-state index contributed by atoms with van der Waals surface area (Å²) in [5.41, 5.74) is 0. The lowest BCUT2D eigenvalue weighted by Gasteiger charge is -2.06. The van der Waals surface area contributed by atoms with Crippen LogP contribution in [0.25, 0.3) is 10.2 Å². The first-order valence-electron chi connectivity index (χ1n) is 4.63. The molecular weight excluding hydrogens is 216 g/mol. The third-order valence-corrected chi connectivity index (χ3v) is 3.44. The zero-order valence-corrected chi connectivity index (χ0v) is 9.69. The predicted molar refractivity (Wildman–Crippen MR) is 61.1 cm³/mol. The zero-order valence-electron chi connectivity index (χ0n) is 8.12. The lowest BCUT2D eigenvalue weighted by Crippen LogP contribution is -1.99. The minimum Gasteiger partial charge on any atom is -0.222 e. The summed E-state index contributed by atoms with van der Waals surface area (Å²) in [7, 11) is 0. The van der Waals surface area contributed by atoms with Crippen LogP contribution in [0.4, 0.5) is 0 Å². The molecule has 0 saturated heterocycles. The number of hydrogen-bond acceptors (Lipinski definition) is 3. The van der Waals surface area contributed by atoms with E-state index in [1.807, 2.05) is 11.4 Å². The number of thiophene rings is 1. The van der Waals surface area contributed by atoms with E-state index in [4.69, 9.17) is 11.6 Å². The van der Waals surface area contributed by atoms with Crippen LogP contribution >= 0.6 is 22.9 Å². The molecule has 4 heteroatoms. The van der Waals surface area contributed by atoms with Gasteiger partial charge in [-0.25, -0.2) is 9.97 Å². The Morgan fingerprint density at radius 2 is 2.29 bits per heavy atom. The molecule has 0 fully saturated rings.